The summed E-state index contributed by atoms with van der Waals surface area (Å²) >= 11 is 6.80. The van der Waals surface area contributed by atoms with E-state index in [1.165, 1.54) is 12.1 Å². The lowest BCUT2D eigenvalue weighted by atomic mass is 10.2. The lowest BCUT2D eigenvalue weighted by Gasteiger charge is -2.12. The summed E-state index contributed by atoms with van der Waals surface area (Å²) in [6, 6.07) is 8.26. The van der Waals surface area contributed by atoms with Crippen molar-refractivity contribution in [1.29, 1.82) is 0 Å². The van der Waals surface area contributed by atoms with Gasteiger partial charge in [0.15, 0.2) is 6.61 Å². The molecule has 0 radical (unpaired) electrons. The van der Waals surface area contributed by atoms with E-state index in [0.717, 1.165) is 14.5 Å². The number of nitro groups is 1. The Hall–Kier alpha value is -1.93. The van der Waals surface area contributed by atoms with Gasteiger partial charge in [-0.3, -0.25) is 14.9 Å². The van der Waals surface area contributed by atoms with Gasteiger partial charge in [-0.05, 0) is 69.5 Å². The number of ether oxygens (including phenoxy) is 1. The summed E-state index contributed by atoms with van der Waals surface area (Å²) in [7, 11) is 0. The van der Waals surface area contributed by atoms with E-state index in [4.69, 9.17) is 4.74 Å². The minimum absolute atomic E-state index is 0.0445. The summed E-state index contributed by atoms with van der Waals surface area (Å²) in [5, 5.41) is 13.7. The molecule has 24 heavy (non-hydrogen) atoms. The molecule has 0 unspecified atom stereocenters. The number of carbonyl (C=O) groups excluding carboxylic acids is 1. The SMILES string of the molecule is Cc1cc(Br)c(NC(=O)COc2cccc([N+](=O)[O-])c2C)c(Br)c1. The Labute approximate surface area is 155 Å². The minimum atomic E-state index is -0.483. The van der Waals surface area contributed by atoms with Gasteiger partial charge in [-0.15, -0.1) is 0 Å². The van der Waals surface area contributed by atoms with E-state index in [1.54, 1.807) is 13.0 Å². The Morgan fingerprint density at radius 2 is 1.88 bits per heavy atom. The molecule has 0 aromatic heterocycles. The smallest absolute Gasteiger partial charge is 0.276 e. The van der Waals surface area contributed by atoms with Gasteiger partial charge in [0.1, 0.15) is 5.75 Å². The summed E-state index contributed by atoms with van der Waals surface area (Å²) < 4.78 is 6.91. The topological polar surface area (TPSA) is 81.5 Å². The molecule has 126 valence electrons. The van der Waals surface area contributed by atoms with Crippen molar-refractivity contribution in [2.24, 2.45) is 0 Å². The summed E-state index contributed by atoms with van der Waals surface area (Å²) in [4.78, 5) is 22.5. The average molecular weight is 458 g/mol. The molecule has 0 spiro atoms. The third kappa shape index (κ3) is 4.33. The van der Waals surface area contributed by atoms with Crippen LogP contribution in [-0.4, -0.2) is 17.4 Å². The lowest BCUT2D eigenvalue weighted by molar-refractivity contribution is -0.385. The van der Waals surface area contributed by atoms with Crippen LogP contribution in [0.3, 0.4) is 0 Å². The number of rotatable bonds is 5. The number of anilines is 1. The van der Waals surface area contributed by atoms with Crippen LogP contribution in [-0.2, 0) is 4.79 Å². The zero-order valence-electron chi connectivity index (χ0n) is 12.9. The zero-order chi connectivity index (χ0) is 17.9. The molecule has 0 bridgehead atoms. The fourth-order valence-electron chi connectivity index (χ4n) is 2.10. The number of hydrogen-bond acceptors (Lipinski definition) is 4. The highest BCUT2D eigenvalue weighted by molar-refractivity contribution is 9.11. The van der Waals surface area contributed by atoms with Crippen molar-refractivity contribution >= 4 is 49.1 Å². The van der Waals surface area contributed by atoms with E-state index in [2.05, 4.69) is 37.2 Å². The predicted octanol–water partition coefficient (Wildman–Crippen LogP) is 4.75. The van der Waals surface area contributed by atoms with Crippen LogP contribution < -0.4 is 10.1 Å². The molecule has 0 saturated carbocycles. The Kier molecular flexibility index (Phi) is 5.95. The van der Waals surface area contributed by atoms with E-state index in [1.807, 2.05) is 19.1 Å². The normalized spacial score (nSPS) is 10.3. The first-order valence-electron chi connectivity index (χ1n) is 6.92. The van der Waals surface area contributed by atoms with Crippen molar-refractivity contribution in [2.75, 3.05) is 11.9 Å². The molecule has 6 nitrogen and oxygen atoms in total. The second-order valence-corrected chi connectivity index (χ2v) is 6.81. The highest BCUT2D eigenvalue weighted by Gasteiger charge is 2.16. The third-order valence-electron chi connectivity index (χ3n) is 3.26. The van der Waals surface area contributed by atoms with Crippen LogP contribution in [0.5, 0.6) is 5.75 Å². The first-order valence-corrected chi connectivity index (χ1v) is 8.50. The van der Waals surface area contributed by atoms with Gasteiger partial charge in [0.25, 0.3) is 11.6 Å². The number of aryl methyl sites for hydroxylation is 1. The molecular weight excluding hydrogens is 444 g/mol. The first-order chi connectivity index (χ1) is 11.3. The van der Waals surface area contributed by atoms with E-state index < -0.39 is 4.92 Å². The van der Waals surface area contributed by atoms with Gasteiger partial charge in [0, 0.05) is 15.0 Å². The van der Waals surface area contributed by atoms with Crippen LogP contribution in [0, 0.1) is 24.0 Å². The molecule has 0 aliphatic rings. The predicted molar refractivity (Wildman–Crippen MR) is 98.5 cm³/mol. The fourth-order valence-corrected chi connectivity index (χ4v) is 3.71. The molecule has 2 aromatic carbocycles. The highest BCUT2D eigenvalue weighted by atomic mass is 79.9. The lowest BCUT2D eigenvalue weighted by Crippen LogP contribution is -2.21. The van der Waals surface area contributed by atoms with Crippen LogP contribution in [0.4, 0.5) is 11.4 Å². The number of carbonyl (C=O) groups is 1. The van der Waals surface area contributed by atoms with Gasteiger partial charge in [0.05, 0.1) is 16.2 Å². The molecule has 2 aromatic rings. The quantitative estimate of drug-likeness (QED) is 0.518. The van der Waals surface area contributed by atoms with E-state index in [-0.39, 0.29) is 18.2 Å². The Balaban J connectivity index is 2.07. The van der Waals surface area contributed by atoms with Crippen molar-refractivity contribution in [2.45, 2.75) is 13.8 Å². The van der Waals surface area contributed by atoms with Crippen LogP contribution in [0.1, 0.15) is 11.1 Å². The van der Waals surface area contributed by atoms with Crippen molar-refractivity contribution < 1.29 is 14.5 Å². The Morgan fingerprint density at radius 3 is 2.46 bits per heavy atom. The number of nitrogens with one attached hydrogen (secondary N) is 1. The Morgan fingerprint density at radius 1 is 1.25 bits per heavy atom. The number of halogens is 2. The molecule has 8 heteroatoms. The highest BCUT2D eigenvalue weighted by Crippen LogP contribution is 2.32. The van der Waals surface area contributed by atoms with Crippen LogP contribution in [0.15, 0.2) is 39.3 Å². The maximum atomic E-state index is 12.1. The molecule has 0 aliphatic carbocycles. The van der Waals surface area contributed by atoms with Gasteiger partial charge < -0.3 is 10.1 Å². The molecule has 0 aliphatic heterocycles. The second kappa shape index (κ2) is 7.76. The molecule has 2 rings (SSSR count). The van der Waals surface area contributed by atoms with Crippen molar-refractivity contribution in [3.63, 3.8) is 0 Å². The summed E-state index contributed by atoms with van der Waals surface area (Å²) in [5.41, 5.74) is 1.98. The third-order valence-corrected chi connectivity index (χ3v) is 4.51. The van der Waals surface area contributed by atoms with E-state index in [9.17, 15) is 14.9 Å². The van der Waals surface area contributed by atoms with Gasteiger partial charge in [-0.2, -0.15) is 0 Å². The number of nitro benzene ring substituents is 1. The summed E-state index contributed by atoms with van der Waals surface area (Å²) in [5.74, 6) is -0.0625. The molecular formula is C16H14Br2N2O4. The number of benzene rings is 2. The Bertz CT molecular complexity index is 786. The van der Waals surface area contributed by atoms with E-state index >= 15 is 0 Å². The number of nitrogens with zero attached hydrogens (tertiary/aromatic N) is 1. The van der Waals surface area contributed by atoms with Crippen LogP contribution in [0.25, 0.3) is 0 Å². The summed E-state index contributed by atoms with van der Waals surface area (Å²) in [6.07, 6.45) is 0. The van der Waals surface area contributed by atoms with Crippen molar-refractivity contribution in [1.82, 2.24) is 0 Å². The first kappa shape index (κ1) is 18.4. The largest absolute Gasteiger partial charge is 0.483 e. The minimum Gasteiger partial charge on any atom is -0.483 e. The molecule has 0 saturated heterocycles. The maximum absolute atomic E-state index is 12.1. The van der Waals surface area contributed by atoms with Crippen LogP contribution >= 0.6 is 31.9 Å². The average Bonchev–Trinajstić information content (AvgIpc) is 2.49. The van der Waals surface area contributed by atoms with E-state index in [0.29, 0.717) is 17.0 Å². The van der Waals surface area contributed by atoms with Gasteiger partial charge in [-0.25, -0.2) is 0 Å². The van der Waals surface area contributed by atoms with Gasteiger partial charge in [0.2, 0.25) is 0 Å². The zero-order valence-corrected chi connectivity index (χ0v) is 16.1. The molecule has 0 atom stereocenters. The second-order valence-electron chi connectivity index (χ2n) is 5.10. The maximum Gasteiger partial charge on any atom is 0.276 e. The standard InChI is InChI=1S/C16H14Br2N2O4/c1-9-6-11(17)16(12(18)7-9)19-15(21)8-24-14-5-3-4-13(10(14)2)20(22)23/h3-7H,8H2,1-2H3,(H,19,21). The van der Waals surface area contributed by atoms with Gasteiger partial charge in [-0.1, -0.05) is 6.07 Å². The number of hydrogen-bond donors (Lipinski definition) is 1. The summed E-state index contributed by atoms with van der Waals surface area (Å²) in [6.45, 7) is 3.27. The van der Waals surface area contributed by atoms with Gasteiger partial charge >= 0.3 is 0 Å². The molecule has 1 amide bonds. The monoisotopic (exact) mass is 456 g/mol. The number of amides is 1. The van der Waals surface area contributed by atoms with Crippen molar-refractivity contribution in [3.8, 4) is 5.75 Å². The van der Waals surface area contributed by atoms with Crippen molar-refractivity contribution in [3.05, 3.63) is 60.5 Å². The molecule has 0 heterocycles. The molecule has 0 fully saturated rings. The fraction of sp³-hybridized carbons (Fsp3) is 0.188. The van der Waals surface area contributed by atoms with Crippen LogP contribution in [0.2, 0.25) is 0 Å². The molecule has 1 N–H and O–H groups in total.